The van der Waals surface area contributed by atoms with E-state index in [4.69, 9.17) is 14.9 Å². The van der Waals surface area contributed by atoms with E-state index in [9.17, 15) is 9.59 Å². The van der Waals surface area contributed by atoms with E-state index in [0.717, 1.165) is 5.56 Å². The molecule has 0 spiro atoms. The Morgan fingerprint density at radius 2 is 1.94 bits per heavy atom. The molecule has 4 N–H and O–H groups in total. The van der Waals surface area contributed by atoms with Crippen LogP contribution in [0.3, 0.4) is 0 Å². The van der Waals surface area contributed by atoms with Crippen molar-refractivity contribution >= 4 is 28.5 Å². The van der Waals surface area contributed by atoms with Crippen LogP contribution in [0.1, 0.15) is 58.6 Å². The number of methoxy groups -OCH3 is 1. The lowest BCUT2D eigenvalue weighted by Gasteiger charge is -2.23. The van der Waals surface area contributed by atoms with Crippen LogP contribution in [-0.2, 0) is 6.54 Å². The fourth-order valence-electron chi connectivity index (χ4n) is 4.08. The van der Waals surface area contributed by atoms with E-state index in [-0.39, 0.29) is 17.4 Å². The van der Waals surface area contributed by atoms with Gasteiger partial charge in [0, 0.05) is 29.6 Å². The monoisotopic (exact) mass is 421 g/mol. The molecule has 1 fully saturated rings. The third kappa shape index (κ3) is 4.72. The van der Waals surface area contributed by atoms with Gasteiger partial charge in [0.1, 0.15) is 17.0 Å². The van der Waals surface area contributed by atoms with Gasteiger partial charge in [-0.05, 0) is 42.7 Å². The summed E-state index contributed by atoms with van der Waals surface area (Å²) in [5, 5.41) is 6.98. The molecule has 0 saturated heterocycles. The smallest absolute Gasteiger partial charge is 0.286 e. The van der Waals surface area contributed by atoms with Crippen molar-refractivity contribution in [2.75, 3.05) is 12.4 Å². The molecule has 2 aromatic carbocycles. The van der Waals surface area contributed by atoms with Gasteiger partial charge >= 0.3 is 0 Å². The first-order valence-electron chi connectivity index (χ1n) is 10.6. The van der Waals surface area contributed by atoms with Crippen LogP contribution >= 0.6 is 0 Å². The molecule has 0 radical (unpaired) electrons. The zero-order valence-electron chi connectivity index (χ0n) is 17.6. The number of furan rings is 1. The van der Waals surface area contributed by atoms with Crippen molar-refractivity contribution < 1.29 is 18.7 Å². The maximum absolute atomic E-state index is 13.0. The standard InChI is InChI=1S/C24H27N3O4/c1-30-18-10-11-19-20(13-18)31-22(23(25)28)21(19)27-24(29)16-7-5-6-15(12-16)14-26-17-8-3-2-4-9-17/h5-7,10-13,17,26H,2-4,8-9,14H2,1H3,(H2,25,28)(H,27,29). The van der Waals surface area contributed by atoms with E-state index >= 15 is 0 Å². The number of fused-ring (bicyclic) bond motifs is 1. The van der Waals surface area contributed by atoms with Crippen molar-refractivity contribution in [3.05, 3.63) is 59.4 Å². The molecule has 1 aliphatic carbocycles. The van der Waals surface area contributed by atoms with Crippen LogP contribution in [-0.4, -0.2) is 25.0 Å². The number of carbonyl (C=O) groups is 2. The SMILES string of the molecule is COc1ccc2c(NC(=O)c3cccc(CNC4CCCCC4)c3)c(C(N)=O)oc2c1. The zero-order valence-corrected chi connectivity index (χ0v) is 17.6. The molecular formula is C24H27N3O4. The van der Waals surface area contributed by atoms with E-state index in [1.54, 1.807) is 24.3 Å². The quantitative estimate of drug-likeness (QED) is 0.530. The largest absolute Gasteiger partial charge is 0.497 e. The van der Waals surface area contributed by atoms with Gasteiger partial charge < -0.3 is 25.5 Å². The van der Waals surface area contributed by atoms with Gasteiger partial charge in [0.05, 0.1) is 7.11 Å². The maximum atomic E-state index is 13.0. The molecule has 1 saturated carbocycles. The molecule has 31 heavy (non-hydrogen) atoms. The molecule has 0 bridgehead atoms. The summed E-state index contributed by atoms with van der Waals surface area (Å²) >= 11 is 0. The van der Waals surface area contributed by atoms with E-state index < -0.39 is 5.91 Å². The minimum Gasteiger partial charge on any atom is -0.497 e. The third-order valence-corrected chi connectivity index (χ3v) is 5.75. The second-order valence-electron chi connectivity index (χ2n) is 7.90. The van der Waals surface area contributed by atoms with Gasteiger partial charge in [-0.15, -0.1) is 0 Å². The third-order valence-electron chi connectivity index (χ3n) is 5.75. The molecule has 0 unspecified atom stereocenters. The van der Waals surface area contributed by atoms with Crippen molar-refractivity contribution in [3.63, 3.8) is 0 Å². The average molecular weight is 421 g/mol. The van der Waals surface area contributed by atoms with Crippen molar-refractivity contribution in [2.24, 2.45) is 5.73 Å². The highest BCUT2D eigenvalue weighted by Gasteiger charge is 2.21. The second kappa shape index (κ2) is 9.22. The van der Waals surface area contributed by atoms with Crippen LogP contribution < -0.4 is 21.1 Å². The molecule has 2 amide bonds. The zero-order chi connectivity index (χ0) is 21.8. The topological polar surface area (TPSA) is 107 Å². The van der Waals surface area contributed by atoms with Gasteiger partial charge in [-0.1, -0.05) is 31.4 Å². The second-order valence-corrected chi connectivity index (χ2v) is 7.90. The first-order chi connectivity index (χ1) is 15.0. The summed E-state index contributed by atoms with van der Waals surface area (Å²) in [5.74, 6) is -0.600. The van der Waals surface area contributed by atoms with Gasteiger partial charge in [-0.25, -0.2) is 0 Å². The molecule has 162 valence electrons. The van der Waals surface area contributed by atoms with Crippen LogP contribution in [0, 0.1) is 0 Å². The van der Waals surface area contributed by atoms with Crippen LogP contribution in [0.15, 0.2) is 46.9 Å². The number of rotatable bonds is 7. The minimum absolute atomic E-state index is 0.0910. The number of carbonyl (C=O) groups excluding carboxylic acids is 2. The maximum Gasteiger partial charge on any atom is 0.286 e. The summed E-state index contributed by atoms with van der Waals surface area (Å²) < 4.78 is 10.8. The molecule has 7 heteroatoms. The molecule has 3 aromatic rings. The van der Waals surface area contributed by atoms with Gasteiger partial charge in [0.2, 0.25) is 5.76 Å². The average Bonchev–Trinajstić information content (AvgIpc) is 3.16. The molecule has 1 heterocycles. The fourth-order valence-corrected chi connectivity index (χ4v) is 4.08. The lowest BCUT2D eigenvalue weighted by molar-refractivity contribution is 0.0977. The number of nitrogens with one attached hydrogen (secondary N) is 2. The number of anilines is 1. The van der Waals surface area contributed by atoms with Crippen LogP contribution in [0.25, 0.3) is 11.0 Å². The Morgan fingerprint density at radius 1 is 1.13 bits per heavy atom. The summed E-state index contributed by atoms with van der Waals surface area (Å²) in [6.45, 7) is 0.715. The lowest BCUT2D eigenvalue weighted by Crippen LogP contribution is -2.30. The first-order valence-corrected chi connectivity index (χ1v) is 10.6. The summed E-state index contributed by atoms with van der Waals surface area (Å²) in [6.07, 6.45) is 6.26. The Bertz CT molecular complexity index is 1100. The van der Waals surface area contributed by atoms with Crippen molar-refractivity contribution in [3.8, 4) is 5.75 Å². The molecule has 1 aliphatic rings. The van der Waals surface area contributed by atoms with E-state index in [1.165, 1.54) is 39.2 Å². The number of nitrogens with two attached hydrogens (primary N) is 1. The molecule has 7 nitrogen and oxygen atoms in total. The Hall–Kier alpha value is -3.32. The highest BCUT2D eigenvalue weighted by Crippen LogP contribution is 2.33. The molecule has 0 atom stereocenters. The molecule has 1 aromatic heterocycles. The molecular weight excluding hydrogens is 394 g/mol. The number of amides is 2. The van der Waals surface area contributed by atoms with Crippen molar-refractivity contribution in [2.45, 2.75) is 44.7 Å². The Kier molecular flexibility index (Phi) is 6.23. The predicted octanol–water partition coefficient (Wildman–Crippen LogP) is 4.21. The summed E-state index contributed by atoms with van der Waals surface area (Å²) in [6, 6.07) is 13.1. The van der Waals surface area contributed by atoms with Crippen LogP contribution in [0.2, 0.25) is 0 Å². The van der Waals surface area contributed by atoms with Crippen molar-refractivity contribution in [1.82, 2.24) is 5.32 Å². The fraction of sp³-hybridized carbons (Fsp3) is 0.333. The number of ether oxygens (including phenoxy) is 1. The van der Waals surface area contributed by atoms with Crippen molar-refractivity contribution in [1.29, 1.82) is 0 Å². The van der Waals surface area contributed by atoms with E-state index in [1.807, 2.05) is 18.2 Å². The lowest BCUT2D eigenvalue weighted by atomic mass is 9.95. The first kappa shape index (κ1) is 20.9. The number of hydrogen-bond donors (Lipinski definition) is 3. The van der Waals surface area contributed by atoms with Crippen LogP contribution in [0.4, 0.5) is 5.69 Å². The summed E-state index contributed by atoms with van der Waals surface area (Å²) in [5.41, 5.74) is 7.69. The van der Waals surface area contributed by atoms with Gasteiger partial charge in [0.15, 0.2) is 0 Å². The highest BCUT2D eigenvalue weighted by molar-refractivity contribution is 6.14. The van der Waals surface area contributed by atoms with Gasteiger partial charge in [0.25, 0.3) is 11.8 Å². The van der Waals surface area contributed by atoms with Gasteiger partial charge in [-0.3, -0.25) is 9.59 Å². The predicted molar refractivity (Wildman–Crippen MR) is 119 cm³/mol. The summed E-state index contributed by atoms with van der Waals surface area (Å²) in [7, 11) is 1.54. The van der Waals surface area contributed by atoms with E-state index in [2.05, 4.69) is 10.6 Å². The Morgan fingerprint density at radius 3 is 2.68 bits per heavy atom. The molecule has 4 rings (SSSR count). The normalized spacial score (nSPS) is 14.5. The van der Waals surface area contributed by atoms with Gasteiger partial charge in [-0.2, -0.15) is 0 Å². The number of primary amides is 1. The highest BCUT2D eigenvalue weighted by atomic mass is 16.5. The summed E-state index contributed by atoms with van der Waals surface area (Å²) in [4.78, 5) is 24.9. The Labute approximate surface area is 180 Å². The number of hydrogen-bond acceptors (Lipinski definition) is 5. The number of benzene rings is 2. The van der Waals surface area contributed by atoms with Crippen LogP contribution in [0.5, 0.6) is 5.75 Å². The Balaban J connectivity index is 1.53. The molecule has 0 aliphatic heterocycles. The minimum atomic E-state index is -0.754. The van der Waals surface area contributed by atoms with E-state index in [0.29, 0.717) is 34.9 Å².